The molecular formula is C15H27N3O. The van der Waals surface area contributed by atoms with Gasteiger partial charge in [0, 0.05) is 18.3 Å². The standard InChI is InChI=1S/C15H27N3O/c1-4-8-16-14-7-9-19-11-15(14)18-13(6-3)10-12(5-2)17-18/h10,14-16H,4-9,11H2,1-3H3. The van der Waals surface area contributed by atoms with Crippen LogP contribution in [0.3, 0.4) is 0 Å². The van der Waals surface area contributed by atoms with Gasteiger partial charge in [-0.1, -0.05) is 20.8 Å². The summed E-state index contributed by atoms with van der Waals surface area (Å²) in [5.41, 5.74) is 2.52. The summed E-state index contributed by atoms with van der Waals surface area (Å²) in [4.78, 5) is 0. The van der Waals surface area contributed by atoms with Gasteiger partial charge >= 0.3 is 0 Å². The van der Waals surface area contributed by atoms with Crippen LogP contribution in [0.15, 0.2) is 6.07 Å². The highest BCUT2D eigenvalue weighted by atomic mass is 16.5. The number of aromatic nitrogens is 2. The summed E-state index contributed by atoms with van der Waals surface area (Å²) < 4.78 is 7.90. The highest BCUT2D eigenvalue weighted by Gasteiger charge is 2.28. The van der Waals surface area contributed by atoms with Gasteiger partial charge in [-0.25, -0.2) is 0 Å². The fraction of sp³-hybridized carbons (Fsp3) is 0.800. The molecular weight excluding hydrogens is 238 g/mol. The van der Waals surface area contributed by atoms with Gasteiger partial charge in [0.25, 0.3) is 0 Å². The predicted molar refractivity (Wildman–Crippen MR) is 77.5 cm³/mol. The maximum atomic E-state index is 5.69. The van der Waals surface area contributed by atoms with E-state index in [0.29, 0.717) is 12.1 Å². The van der Waals surface area contributed by atoms with Gasteiger partial charge in [-0.3, -0.25) is 4.68 Å². The van der Waals surface area contributed by atoms with Crippen molar-refractivity contribution in [3.05, 3.63) is 17.5 Å². The van der Waals surface area contributed by atoms with Crippen molar-refractivity contribution in [2.24, 2.45) is 0 Å². The maximum Gasteiger partial charge on any atom is 0.0909 e. The number of ether oxygens (including phenoxy) is 1. The summed E-state index contributed by atoms with van der Waals surface area (Å²) in [6.07, 6.45) is 4.28. The summed E-state index contributed by atoms with van der Waals surface area (Å²) in [6.45, 7) is 9.29. The number of aryl methyl sites for hydroxylation is 2. The van der Waals surface area contributed by atoms with Crippen LogP contribution in [0, 0.1) is 0 Å². The van der Waals surface area contributed by atoms with Crippen LogP contribution in [0.5, 0.6) is 0 Å². The molecule has 2 atom stereocenters. The Hall–Kier alpha value is -0.870. The molecule has 0 spiro atoms. The van der Waals surface area contributed by atoms with E-state index >= 15 is 0 Å². The first-order valence-corrected chi connectivity index (χ1v) is 7.68. The Labute approximate surface area is 116 Å². The first kappa shape index (κ1) is 14.5. The minimum absolute atomic E-state index is 0.343. The van der Waals surface area contributed by atoms with E-state index in [9.17, 15) is 0 Å². The minimum atomic E-state index is 0.343. The molecule has 1 N–H and O–H groups in total. The van der Waals surface area contributed by atoms with Gasteiger partial charge in [0.15, 0.2) is 0 Å². The molecule has 0 aromatic carbocycles. The van der Waals surface area contributed by atoms with E-state index in [1.165, 1.54) is 17.8 Å². The first-order chi connectivity index (χ1) is 9.30. The summed E-state index contributed by atoms with van der Waals surface area (Å²) >= 11 is 0. The molecule has 1 aliphatic heterocycles. The first-order valence-electron chi connectivity index (χ1n) is 7.68. The van der Waals surface area contributed by atoms with Gasteiger partial charge in [0.2, 0.25) is 0 Å². The molecule has 0 aliphatic carbocycles. The van der Waals surface area contributed by atoms with Crippen molar-refractivity contribution < 1.29 is 4.74 Å². The lowest BCUT2D eigenvalue weighted by molar-refractivity contribution is 0.0316. The van der Waals surface area contributed by atoms with Crippen molar-refractivity contribution in [2.45, 2.75) is 58.5 Å². The summed E-state index contributed by atoms with van der Waals surface area (Å²) in [5, 5.41) is 8.44. The van der Waals surface area contributed by atoms with Crippen LogP contribution in [0.1, 0.15) is 51.0 Å². The van der Waals surface area contributed by atoms with Crippen LogP contribution in [-0.4, -0.2) is 35.6 Å². The zero-order chi connectivity index (χ0) is 13.7. The molecule has 4 nitrogen and oxygen atoms in total. The molecule has 0 amide bonds. The molecule has 1 fully saturated rings. The third-order valence-corrected chi connectivity index (χ3v) is 3.89. The fourth-order valence-corrected chi connectivity index (χ4v) is 2.75. The molecule has 2 rings (SSSR count). The minimum Gasteiger partial charge on any atom is -0.379 e. The quantitative estimate of drug-likeness (QED) is 0.858. The maximum absolute atomic E-state index is 5.69. The monoisotopic (exact) mass is 265 g/mol. The Morgan fingerprint density at radius 2 is 2.21 bits per heavy atom. The Balaban J connectivity index is 2.18. The van der Waals surface area contributed by atoms with E-state index < -0.39 is 0 Å². The normalized spacial score (nSPS) is 23.7. The molecule has 2 unspecified atom stereocenters. The molecule has 2 heterocycles. The van der Waals surface area contributed by atoms with Crippen LogP contribution < -0.4 is 5.32 Å². The van der Waals surface area contributed by atoms with Crippen molar-refractivity contribution in [2.75, 3.05) is 19.8 Å². The second-order valence-electron chi connectivity index (χ2n) is 5.27. The van der Waals surface area contributed by atoms with E-state index in [1.54, 1.807) is 0 Å². The second-order valence-corrected chi connectivity index (χ2v) is 5.27. The SMILES string of the molecule is CCCNC1CCOCC1n1nc(CC)cc1CC. The molecule has 108 valence electrons. The van der Waals surface area contributed by atoms with Crippen molar-refractivity contribution >= 4 is 0 Å². The van der Waals surface area contributed by atoms with E-state index in [-0.39, 0.29) is 0 Å². The summed E-state index contributed by atoms with van der Waals surface area (Å²) in [6, 6.07) is 3.07. The second kappa shape index (κ2) is 7.06. The highest BCUT2D eigenvalue weighted by Crippen LogP contribution is 2.23. The zero-order valence-corrected chi connectivity index (χ0v) is 12.5. The molecule has 0 bridgehead atoms. The van der Waals surface area contributed by atoms with Gasteiger partial charge in [0.05, 0.1) is 18.3 Å². The van der Waals surface area contributed by atoms with Crippen LogP contribution in [0.25, 0.3) is 0 Å². The largest absolute Gasteiger partial charge is 0.379 e. The topological polar surface area (TPSA) is 39.1 Å². The van der Waals surface area contributed by atoms with Gasteiger partial charge < -0.3 is 10.1 Å². The van der Waals surface area contributed by atoms with Gasteiger partial charge in [-0.15, -0.1) is 0 Å². The zero-order valence-electron chi connectivity index (χ0n) is 12.5. The van der Waals surface area contributed by atoms with Crippen molar-refractivity contribution in [1.82, 2.24) is 15.1 Å². The Kier molecular flexibility index (Phi) is 5.40. The molecule has 0 saturated carbocycles. The molecule has 1 aliphatic rings. The van der Waals surface area contributed by atoms with Crippen molar-refractivity contribution in [3.8, 4) is 0 Å². The lowest BCUT2D eigenvalue weighted by atomic mass is 10.0. The van der Waals surface area contributed by atoms with Gasteiger partial charge in [0.1, 0.15) is 0 Å². The molecule has 0 radical (unpaired) electrons. The Morgan fingerprint density at radius 1 is 1.37 bits per heavy atom. The molecule has 1 saturated heterocycles. The van der Waals surface area contributed by atoms with Crippen LogP contribution >= 0.6 is 0 Å². The third-order valence-electron chi connectivity index (χ3n) is 3.89. The Bertz CT molecular complexity index is 389. The molecule has 4 heteroatoms. The van der Waals surface area contributed by atoms with E-state index in [2.05, 4.69) is 36.8 Å². The van der Waals surface area contributed by atoms with Crippen LogP contribution in [0.2, 0.25) is 0 Å². The number of nitrogens with one attached hydrogen (secondary N) is 1. The van der Waals surface area contributed by atoms with Crippen molar-refractivity contribution in [1.29, 1.82) is 0 Å². The van der Waals surface area contributed by atoms with E-state index in [4.69, 9.17) is 9.84 Å². The van der Waals surface area contributed by atoms with Gasteiger partial charge in [-0.2, -0.15) is 5.10 Å². The highest BCUT2D eigenvalue weighted by molar-refractivity contribution is 5.12. The molecule has 19 heavy (non-hydrogen) atoms. The molecule has 1 aromatic heterocycles. The van der Waals surface area contributed by atoms with Crippen molar-refractivity contribution in [3.63, 3.8) is 0 Å². The van der Waals surface area contributed by atoms with Gasteiger partial charge in [-0.05, 0) is 38.3 Å². The lowest BCUT2D eigenvalue weighted by Crippen LogP contribution is -2.45. The summed E-state index contributed by atoms with van der Waals surface area (Å²) in [7, 11) is 0. The number of nitrogens with zero attached hydrogens (tertiary/aromatic N) is 2. The average Bonchev–Trinajstić information content (AvgIpc) is 2.88. The fourth-order valence-electron chi connectivity index (χ4n) is 2.75. The van der Waals surface area contributed by atoms with Crippen LogP contribution in [-0.2, 0) is 17.6 Å². The number of hydrogen-bond donors (Lipinski definition) is 1. The Morgan fingerprint density at radius 3 is 2.89 bits per heavy atom. The third kappa shape index (κ3) is 3.37. The number of rotatable bonds is 6. The van der Waals surface area contributed by atoms with Crippen LogP contribution in [0.4, 0.5) is 0 Å². The average molecular weight is 265 g/mol. The number of hydrogen-bond acceptors (Lipinski definition) is 3. The smallest absolute Gasteiger partial charge is 0.0909 e. The molecule has 1 aromatic rings. The summed E-state index contributed by atoms with van der Waals surface area (Å²) in [5.74, 6) is 0. The lowest BCUT2D eigenvalue weighted by Gasteiger charge is -2.33. The van der Waals surface area contributed by atoms with E-state index in [1.807, 2.05) is 0 Å². The van der Waals surface area contributed by atoms with E-state index in [0.717, 1.165) is 39.0 Å². The predicted octanol–water partition coefficient (Wildman–Crippen LogP) is 2.34.